The number of halogens is 2. The van der Waals surface area contributed by atoms with E-state index in [0.29, 0.717) is 19.0 Å². The number of benzene rings is 1. The van der Waals surface area contributed by atoms with Crippen molar-refractivity contribution in [2.45, 2.75) is 24.2 Å². The Balaban J connectivity index is 0.00000220. The minimum Gasteiger partial charge on any atom is -0.320 e. The maximum absolute atomic E-state index is 12.9. The molecule has 1 heterocycles. The van der Waals surface area contributed by atoms with Crippen LogP contribution in [0.1, 0.15) is 19.3 Å². The van der Waals surface area contributed by atoms with Crippen molar-refractivity contribution in [1.29, 1.82) is 0 Å². The summed E-state index contributed by atoms with van der Waals surface area (Å²) in [6, 6.07) is 5.04. The van der Waals surface area contributed by atoms with Gasteiger partial charge in [0, 0.05) is 13.1 Å². The maximum atomic E-state index is 12.9. The summed E-state index contributed by atoms with van der Waals surface area (Å²) in [5.74, 6) is 0.164. The Hall–Kier alpha value is -0.690. The summed E-state index contributed by atoms with van der Waals surface area (Å²) in [4.78, 5) is 0.174. The molecule has 7 heteroatoms. The van der Waals surface area contributed by atoms with E-state index in [9.17, 15) is 12.8 Å². The fraction of sp³-hybridized carbons (Fsp3) is 0.571. The Bertz CT molecular complexity index is 528. The molecule has 0 spiro atoms. The lowest BCUT2D eigenvalue weighted by Crippen LogP contribution is -2.38. The normalized spacial score (nSPS) is 17.4. The SMILES string of the molecule is CNCCC1CCN(S(=O)(=O)c2ccc(F)cc2)CC1.Cl. The fourth-order valence-corrected chi connectivity index (χ4v) is 4.01. The second-order valence-electron chi connectivity index (χ2n) is 5.19. The standard InChI is InChI=1S/C14H21FN2O2S.ClH/c1-16-9-6-12-7-10-17(11-8-12)20(18,19)14-4-2-13(15)3-5-14;/h2-5,12,16H,6-11H2,1H3;1H. The summed E-state index contributed by atoms with van der Waals surface area (Å²) < 4.78 is 39.2. The van der Waals surface area contributed by atoms with E-state index < -0.39 is 15.8 Å². The van der Waals surface area contributed by atoms with Crippen LogP contribution in [0.4, 0.5) is 4.39 Å². The van der Waals surface area contributed by atoms with Gasteiger partial charge in [-0.1, -0.05) is 0 Å². The van der Waals surface area contributed by atoms with Gasteiger partial charge in [-0.2, -0.15) is 4.31 Å². The zero-order valence-electron chi connectivity index (χ0n) is 12.1. The largest absolute Gasteiger partial charge is 0.320 e. The molecule has 1 N–H and O–H groups in total. The van der Waals surface area contributed by atoms with Crippen LogP contribution in [0.15, 0.2) is 29.2 Å². The van der Waals surface area contributed by atoms with Crippen molar-refractivity contribution < 1.29 is 12.8 Å². The van der Waals surface area contributed by atoms with Crippen LogP contribution in [-0.4, -0.2) is 39.4 Å². The van der Waals surface area contributed by atoms with Crippen LogP contribution in [0.2, 0.25) is 0 Å². The van der Waals surface area contributed by atoms with Crippen molar-refractivity contribution >= 4 is 22.4 Å². The highest BCUT2D eigenvalue weighted by Gasteiger charge is 2.29. The van der Waals surface area contributed by atoms with Gasteiger partial charge in [0.1, 0.15) is 5.82 Å². The molecule has 0 aliphatic carbocycles. The maximum Gasteiger partial charge on any atom is 0.243 e. The number of hydrogen-bond donors (Lipinski definition) is 1. The number of nitrogens with zero attached hydrogens (tertiary/aromatic N) is 1. The van der Waals surface area contributed by atoms with Gasteiger partial charge in [0.2, 0.25) is 10.0 Å². The van der Waals surface area contributed by atoms with Crippen LogP contribution in [0.3, 0.4) is 0 Å². The third-order valence-electron chi connectivity index (χ3n) is 3.83. The van der Waals surface area contributed by atoms with Gasteiger partial charge < -0.3 is 5.32 Å². The predicted octanol–water partition coefficient (Wildman–Crippen LogP) is 2.26. The van der Waals surface area contributed by atoms with Gasteiger partial charge in [0.05, 0.1) is 4.90 Å². The van der Waals surface area contributed by atoms with E-state index in [1.807, 2.05) is 7.05 Å². The van der Waals surface area contributed by atoms with E-state index in [1.165, 1.54) is 28.6 Å². The minimum atomic E-state index is -3.47. The van der Waals surface area contributed by atoms with Gasteiger partial charge in [0.15, 0.2) is 0 Å². The van der Waals surface area contributed by atoms with Crippen molar-refractivity contribution in [3.63, 3.8) is 0 Å². The fourth-order valence-electron chi connectivity index (χ4n) is 2.54. The van der Waals surface area contributed by atoms with E-state index in [0.717, 1.165) is 25.8 Å². The molecule has 0 aromatic heterocycles. The minimum absolute atomic E-state index is 0. The second kappa shape index (κ2) is 8.08. The van der Waals surface area contributed by atoms with Crippen LogP contribution < -0.4 is 5.32 Å². The molecule has 1 aliphatic rings. The number of sulfonamides is 1. The van der Waals surface area contributed by atoms with Gasteiger partial charge in [-0.15, -0.1) is 12.4 Å². The Morgan fingerprint density at radius 1 is 1.24 bits per heavy atom. The first kappa shape index (κ1) is 18.4. The van der Waals surface area contributed by atoms with Crippen LogP contribution in [0.25, 0.3) is 0 Å². The molecule has 0 saturated carbocycles. The smallest absolute Gasteiger partial charge is 0.243 e. The quantitative estimate of drug-likeness (QED) is 0.897. The molecule has 1 saturated heterocycles. The molecule has 120 valence electrons. The Kier molecular flexibility index (Phi) is 7.06. The molecular formula is C14H22ClFN2O2S. The molecular weight excluding hydrogens is 315 g/mol. The Morgan fingerprint density at radius 2 is 1.81 bits per heavy atom. The molecule has 1 fully saturated rings. The monoisotopic (exact) mass is 336 g/mol. The second-order valence-corrected chi connectivity index (χ2v) is 7.13. The molecule has 2 rings (SSSR count). The zero-order chi connectivity index (χ0) is 14.6. The highest BCUT2D eigenvalue weighted by atomic mass is 35.5. The first-order chi connectivity index (χ1) is 9.54. The van der Waals surface area contributed by atoms with E-state index >= 15 is 0 Å². The molecule has 1 aliphatic heterocycles. The topological polar surface area (TPSA) is 49.4 Å². The van der Waals surface area contributed by atoms with Gasteiger partial charge in [-0.3, -0.25) is 0 Å². The first-order valence-corrected chi connectivity index (χ1v) is 8.38. The summed E-state index contributed by atoms with van der Waals surface area (Å²) in [7, 11) is -1.55. The molecule has 1 aromatic carbocycles. The summed E-state index contributed by atoms with van der Waals surface area (Å²) in [5.41, 5.74) is 0. The molecule has 0 bridgehead atoms. The summed E-state index contributed by atoms with van der Waals surface area (Å²) >= 11 is 0. The third kappa shape index (κ3) is 4.64. The molecule has 0 radical (unpaired) electrons. The van der Waals surface area contributed by atoms with E-state index in [4.69, 9.17) is 0 Å². The van der Waals surface area contributed by atoms with Crippen molar-refractivity contribution in [3.05, 3.63) is 30.1 Å². The van der Waals surface area contributed by atoms with Crippen LogP contribution in [0, 0.1) is 11.7 Å². The lowest BCUT2D eigenvalue weighted by Gasteiger charge is -2.31. The molecule has 0 atom stereocenters. The van der Waals surface area contributed by atoms with Crippen molar-refractivity contribution in [2.75, 3.05) is 26.7 Å². The predicted molar refractivity (Wildman–Crippen MR) is 83.7 cm³/mol. The van der Waals surface area contributed by atoms with Gasteiger partial charge in [-0.05, 0) is 63.0 Å². The highest BCUT2D eigenvalue weighted by molar-refractivity contribution is 7.89. The summed E-state index contributed by atoms with van der Waals surface area (Å²) in [5, 5.41) is 3.12. The Labute approximate surface area is 132 Å². The first-order valence-electron chi connectivity index (χ1n) is 6.94. The zero-order valence-corrected chi connectivity index (χ0v) is 13.7. The number of piperidine rings is 1. The van der Waals surface area contributed by atoms with Crippen LogP contribution in [0.5, 0.6) is 0 Å². The molecule has 0 amide bonds. The van der Waals surface area contributed by atoms with Gasteiger partial charge in [-0.25, -0.2) is 12.8 Å². The van der Waals surface area contributed by atoms with Gasteiger partial charge >= 0.3 is 0 Å². The third-order valence-corrected chi connectivity index (χ3v) is 5.74. The van der Waals surface area contributed by atoms with Crippen molar-refractivity contribution in [3.8, 4) is 0 Å². The average Bonchev–Trinajstić information content (AvgIpc) is 2.46. The lowest BCUT2D eigenvalue weighted by atomic mass is 9.95. The number of hydrogen-bond acceptors (Lipinski definition) is 3. The van der Waals surface area contributed by atoms with E-state index in [-0.39, 0.29) is 17.3 Å². The molecule has 0 unspecified atom stereocenters. The van der Waals surface area contributed by atoms with E-state index in [1.54, 1.807) is 0 Å². The van der Waals surface area contributed by atoms with Crippen molar-refractivity contribution in [2.24, 2.45) is 5.92 Å². The van der Waals surface area contributed by atoms with Crippen LogP contribution in [-0.2, 0) is 10.0 Å². The molecule has 21 heavy (non-hydrogen) atoms. The van der Waals surface area contributed by atoms with Crippen LogP contribution >= 0.6 is 12.4 Å². The lowest BCUT2D eigenvalue weighted by molar-refractivity contribution is 0.263. The van der Waals surface area contributed by atoms with Crippen molar-refractivity contribution in [1.82, 2.24) is 9.62 Å². The summed E-state index contributed by atoms with van der Waals surface area (Å²) in [6.07, 6.45) is 2.87. The molecule has 1 aromatic rings. The van der Waals surface area contributed by atoms with Gasteiger partial charge in [0.25, 0.3) is 0 Å². The number of nitrogens with one attached hydrogen (secondary N) is 1. The molecule has 4 nitrogen and oxygen atoms in total. The number of rotatable bonds is 5. The highest BCUT2D eigenvalue weighted by Crippen LogP contribution is 2.25. The average molecular weight is 337 g/mol. The summed E-state index contributed by atoms with van der Waals surface area (Å²) in [6.45, 7) is 2.07. The Morgan fingerprint density at radius 3 is 2.33 bits per heavy atom. The van der Waals surface area contributed by atoms with E-state index in [2.05, 4.69) is 5.32 Å².